The minimum Gasteiger partial charge on any atom is -0.481 e. The lowest BCUT2D eigenvalue weighted by molar-refractivity contribution is -0.146. The molecule has 0 amide bonds. The maximum Gasteiger partial charge on any atom is 0.311 e. The Bertz CT molecular complexity index is 113. The molecule has 0 heterocycles. The van der Waals surface area contributed by atoms with Crippen molar-refractivity contribution in [2.24, 2.45) is 5.41 Å². The van der Waals surface area contributed by atoms with Crippen molar-refractivity contribution < 1.29 is 9.90 Å². The number of alkyl halides is 2. The molecule has 0 saturated carbocycles. The highest BCUT2D eigenvalue weighted by molar-refractivity contribution is 9.09. The lowest BCUT2D eigenvalue weighted by Crippen LogP contribution is -2.33. The SMILES string of the molecule is CCC(CBr)(CBr)C(=O)O. The van der Waals surface area contributed by atoms with Crippen LogP contribution in [-0.4, -0.2) is 21.7 Å². The van der Waals surface area contributed by atoms with Crippen LogP contribution < -0.4 is 0 Å². The Morgan fingerprint density at radius 1 is 1.50 bits per heavy atom. The van der Waals surface area contributed by atoms with Crippen LogP contribution in [0.5, 0.6) is 0 Å². The molecule has 0 aliphatic carbocycles. The van der Waals surface area contributed by atoms with Crippen molar-refractivity contribution in [3.8, 4) is 0 Å². The fourth-order valence-corrected chi connectivity index (χ4v) is 2.69. The van der Waals surface area contributed by atoms with Crippen LogP contribution in [0.2, 0.25) is 0 Å². The minimum absolute atomic E-state index is 0.497. The van der Waals surface area contributed by atoms with Gasteiger partial charge in [-0.2, -0.15) is 0 Å². The molecule has 60 valence electrons. The van der Waals surface area contributed by atoms with E-state index in [1.165, 1.54) is 0 Å². The first-order chi connectivity index (χ1) is 4.63. The first-order valence-corrected chi connectivity index (χ1v) is 5.22. The largest absolute Gasteiger partial charge is 0.481 e. The predicted octanol–water partition coefficient (Wildman–Crippen LogP) is 2.26. The fourth-order valence-electron chi connectivity index (χ4n) is 0.490. The molecule has 0 aromatic carbocycles. The summed E-state index contributed by atoms with van der Waals surface area (Å²) >= 11 is 6.37. The van der Waals surface area contributed by atoms with Crippen LogP contribution >= 0.6 is 31.9 Å². The normalized spacial score (nSPS) is 11.5. The number of halogens is 2. The van der Waals surface area contributed by atoms with E-state index < -0.39 is 11.4 Å². The minimum atomic E-state index is -0.747. The Kier molecular flexibility index (Phi) is 4.52. The van der Waals surface area contributed by atoms with E-state index in [0.717, 1.165) is 0 Å². The van der Waals surface area contributed by atoms with E-state index in [1.807, 2.05) is 6.92 Å². The van der Waals surface area contributed by atoms with Gasteiger partial charge in [0.2, 0.25) is 0 Å². The molecule has 4 heteroatoms. The molecule has 0 spiro atoms. The Hall–Kier alpha value is 0.430. The number of carbonyl (C=O) groups is 1. The summed E-state index contributed by atoms with van der Waals surface area (Å²) in [5.74, 6) is -0.747. The van der Waals surface area contributed by atoms with Crippen LogP contribution in [-0.2, 0) is 4.79 Å². The lowest BCUT2D eigenvalue weighted by Gasteiger charge is -2.22. The van der Waals surface area contributed by atoms with Gasteiger partial charge in [-0.3, -0.25) is 4.79 Å². The monoisotopic (exact) mass is 272 g/mol. The third-order valence-electron chi connectivity index (χ3n) is 1.64. The average Bonchev–Trinajstić information content (AvgIpc) is 1.92. The highest BCUT2D eigenvalue weighted by atomic mass is 79.9. The van der Waals surface area contributed by atoms with E-state index in [0.29, 0.717) is 17.1 Å². The number of rotatable bonds is 4. The molecule has 0 rings (SSSR count). The third kappa shape index (κ3) is 1.95. The summed E-state index contributed by atoms with van der Waals surface area (Å²) in [4.78, 5) is 10.7. The van der Waals surface area contributed by atoms with Crippen molar-refractivity contribution in [3.05, 3.63) is 0 Å². The molecular formula is C6H10Br2O2. The number of aliphatic carboxylic acids is 1. The van der Waals surface area contributed by atoms with Crippen molar-refractivity contribution in [3.63, 3.8) is 0 Å². The Balaban J connectivity index is 4.31. The van der Waals surface area contributed by atoms with E-state index in [1.54, 1.807) is 0 Å². The molecule has 10 heavy (non-hydrogen) atoms. The molecular weight excluding hydrogens is 264 g/mol. The number of hydrogen-bond acceptors (Lipinski definition) is 1. The van der Waals surface area contributed by atoms with Crippen LogP contribution in [0, 0.1) is 5.41 Å². The van der Waals surface area contributed by atoms with Crippen molar-refractivity contribution in [1.82, 2.24) is 0 Å². The van der Waals surface area contributed by atoms with Crippen LogP contribution in [0.4, 0.5) is 0 Å². The second kappa shape index (κ2) is 4.34. The van der Waals surface area contributed by atoms with E-state index in [2.05, 4.69) is 31.9 Å². The molecule has 0 aliphatic rings. The van der Waals surface area contributed by atoms with Crippen molar-refractivity contribution in [2.75, 3.05) is 10.7 Å². The van der Waals surface area contributed by atoms with Crippen LogP contribution in [0.3, 0.4) is 0 Å². The molecule has 0 aliphatic heterocycles. The summed E-state index contributed by atoms with van der Waals surface area (Å²) in [5.41, 5.74) is -0.625. The number of carboxylic acid groups (broad SMARTS) is 1. The van der Waals surface area contributed by atoms with Gasteiger partial charge in [0, 0.05) is 10.7 Å². The summed E-state index contributed by atoms with van der Waals surface area (Å²) in [6.45, 7) is 1.87. The highest BCUT2D eigenvalue weighted by Crippen LogP contribution is 2.27. The molecule has 0 saturated heterocycles. The number of carboxylic acids is 1. The number of hydrogen-bond donors (Lipinski definition) is 1. The Morgan fingerprint density at radius 3 is 1.90 bits per heavy atom. The first-order valence-electron chi connectivity index (χ1n) is 2.98. The summed E-state index contributed by atoms with van der Waals surface area (Å²) in [7, 11) is 0. The average molecular weight is 274 g/mol. The molecule has 0 bridgehead atoms. The molecule has 0 unspecified atom stereocenters. The van der Waals surface area contributed by atoms with Gasteiger partial charge >= 0.3 is 5.97 Å². The van der Waals surface area contributed by atoms with Gasteiger partial charge in [-0.25, -0.2) is 0 Å². The molecule has 0 aromatic rings. The first kappa shape index (κ1) is 10.4. The molecule has 0 aromatic heterocycles. The maximum atomic E-state index is 10.7. The molecule has 0 atom stereocenters. The van der Waals surface area contributed by atoms with Crippen LogP contribution in [0.1, 0.15) is 13.3 Å². The van der Waals surface area contributed by atoms with Crippen LogP contribution in [0.25, 0.3) is 0 Å². The van der Waals surface area contributed by atoms with Gasteiger partial charge in [0.25, 0.3) is 0 Å². The van der Waals surface area contributed by atoms with Gasteiger partial charge in [-0.05, 0) is 6.42 Å². The standard InChI is InChI=1S/C6H10Br2O2/c1-2-6(3-7,4-8)5(9)10/h2-4H2,1H3,(H,9,10). The van der Waals surface area contributed by atoms with E-state index >= 15 is 0 Å². The predicted molar refractivity (Wildman–Crippen MR) is 47.9 cm³/mol. The van der Waals surface area contributed by atoms with Gasteiger partial charge < -0.3 is 5.11 Å². The van der Waals surface area contributed by atoms with E-state index in [9.17, 15) is 4.79 Å². The molecule has 1 N–H and O–H groups in total. The van der Waals surface area contributed by atoms with Gasteiger partial charge in [-0.1, -0.05) is 38.8 Å². The van der Waals surface area contributed by atoms with Crippen molar-refractivity contribution >= 4 is 37.8 Å². The van der Waals surface area contributed by atoms with Crippen molar-refractivity contribution in [1.29, 1.82) is 0 Å². The smallest absolute Gasteiger partial charge is 0.311 e. The van der Waals surface area contributed by atoms with Gasteiger partial charge in [0.15, 0.2) is 0 Å². The van der Waals surface area contributed by atoms with Crippen LogP contribution in [0.15, 0.2) is 0 Å². The lowest BCUT2D eigenvalue weighted by atomic mass is 9.91. The second-order valence-electron chi connectivity index (χ2n) is 2.21. The second-order valence-corrected chi connectivity index (χ2v) is 3.33. The van der Waals surface area contributed by atoms with E-state index in [4.69, 9.17) is 5.11 Å². The molecule has 2 nitrogen and oxygen atoms in total. The molecule has 0 radical (unpaired) electrons. The summed E-state index contributed by atoms with van der Waals surface area (Å²) in [5, 5.41) is 9.76. The Labute approximate surface area is 77.3 Å². The zero-order valence-corrected chi connectivity index (χ0v) is 8.90. The topological polar surface area (TPSA) is 37.3 Å². The fraction of sp³-hybridized carbons (Fsp3) is 0.833. The third-order valence-corrected chi connectivity index (χ3v) is 3.79. The Morgan fingerprint density at radius 2 is 1.90 bits per heavy atom. The van der Waals surface area contributed by atoms with Gasteiger partial charge in [0.1, 0.15) is 0 Å². The highest BCUT2D eigenvalue weighted by Gasteiger charge is 2.34. The summed E-state index contributed by atoms with van der Waals surface area (Å²) in [6, 6.07) is 0. The zero-order chi connectivity index (χ0) is 8.20. The summed E-state index contributed by atoms with van der Waals surface area (Å²) < 4.78 is 0. The van der Waals surface area contributed by atoms with Gasteiger partial charge in [-0.15, -0.1) is 0 Å². The van der Waals surface area contributed by atoms with Gasteiger partial charge in [0.05, 0.1) is 5.41 Å². The van der Waals surface area contributed by atoms with Crippen molar-refractivity contribution in [2.45, 2.75) is 13.3 Å². The zero-order valence-electron chi connectivity index (χ0n) is 5.73. The van der Waals surface area contributed by atoms with E-state index in [-0.39, 0.29) is 0 Å². The molecule has 0 fully saturated rings. The maximum absolute atomic E-state index is 10.7. The summed E-state index contributed by atoms with van der Waals surface area (Å²) in [6.07, 6.45) is 0.638. The quantitative estimate of drug-likeness (QED) is 0.798.